The summed E-state index contributed by atoms with van der Waals surface area (Å²) in [5, 5.41) is 3.45. The molecule has 1 aliphatic rings. The van der Waals surface area contributed by atoms with Gasteiger partial charge in [0.2, 0.25) is 0 Å². The molecular formula is C10H17NOS. The zero-order valence-electron chi connectivity index (χ0n) is 8.46. The molecule has 0 aromatic rings. The van der Waals surface area contributed by atoms with Crippen molar-refractivity contribution in [2.45, 2.75) is 44.9 Å². The van der Waals surface area contributed by atoms with E-state index in [0.29, 0.717) is 11.3 Å². The summed E-state index contributed by atoms with van der Waals surface area (Å²) in [7, 11) is 0. The zero-order chi connectivity index (χ0) is 9.84. The molecule has 0 radical (unpaired) electrons. The molecule has 74 valence electrons. The molecule has 13 heavy (non-hydrogen) atoms. The first-order chi connectivity index (χ1) is 6.13. The number of nitrogens with one attached hydrogen (secondary N) is 1. The second-order valence-electron chi connectivity index (χ2n) is 3.57. The average molecular weight is 199 g/mol. The minimum atomic E-state index is 0.101. The van der Waals surface area contributed by atoms with Crippen LogP contribution in [-0.4, -0.2) is 17.2 Å². The van der Waals surface area contributed by atoms with Crippen molar-refractivity contribution in [2.75, 3.05) is 0 Å². The highest BCUT2D eigenvalue weighted by Crippen LogP contribution is 2.24. The smallest absolute Gasteiger partial charge is 0.257 e. The van der Waals surface area contributed by atoms with Crippen LogP contribution >= 0.6 is 11.8 Å². The quantitative estimate of drug-likeness (QED) is 0.704. The maximum absolute atomic E-state index is 11.6. The maximum Gasteiger partial charge on any atom is 0.257 e. The van der Waals surface area contributed by atoms with Crippen LogP contribution in [0.15, 0.2) is 11.0 Å². The third kappa shape index (κ3) is 3.85. The van der Waals surface area contributed by atoms with Crippen LogP contribution in [0, 0.1) is 0 Å². The fraction of sp³-hybridized carbons (Fsp3) is 0.700. The van der Waals surface area contributed by atoms with Crippen LogP contribution in [0.25, 0.3) is 0 Å². The number of amides is 1. The second kappa shape index (κ2) is 4.70. The van der Waals surface area contributed by atoms with Gasteiger partial charge in [-0.05, 0) is 19.8 Å². The lowest BCUT2D eigenvalue weighted by molar-refractivity contribution is -0.116. The van der Waals surface area contributed by atoms with Gasteiger partial charge >= 0.3 is 0 Å². The van der Waals surface area contributed by atoms with Crippen molar-refractivity contribution in [3.05, 3.63) is 11.0 Å². The Bertz CT molecular complexity index is 219. The van der Waals surface area contributed by atoms with E-state index in [2.05, 4.69) is 19.2 Å². The van der Waals surface area contributed by atoms with Crippen LogP contribution < -0.4 is 5.32 Å². The molecule has 0 atom stereocenters. The first kappa shape index (κ1) is 10.6. The number of hydrogen-bond donors (Lipinski definition) is 1. The molecule has 0 unspecified atom stereocenters. The third-order valence-electron chi connectivity index (χ3n) is 1.76. The van der Waals surface area contributed by atoms with Gasteiger partial charge in [0, 0.05) is 11.3 Å². The molecule has 0 aliphatic heterocycles. The molecule has 1 aliphatic carbocycles. The molecule has 1 N–H and O–H groups in total. The number of rotatable bonds is 4. The van der Waals surface area contributed by atoms with E-state index in [4.69, 9.17) is 0 Å². The van der Waals surface area contributed by atoms with Crippen LogP contribution in [0.1, 0.15) is 33.6 Å². The lowest BCUT2D eigenvalue weighted by Crippen LogP contribution is -2.26. The van der Waals surface area contributed by atoms with Crippen molar-refractivity contribution in [3.63, 3.8) is 0 Å². The number of carbonyl (C=O) groups is 1. The predicted octanol–water partition coefficient (Wildman–Crippen LogP) is 2.31. The Hall–Kier alpha value is -0.440. The molecule has 0 aromatic heterocycles. The van der Waals surface area contributed by atoms with Gasteiger partial charge in [-0.15, -0.1) is 11.8 Å². The highest BCUT2D eigenvalue weighted by Gasteiger charge is 2.24. The Kier molecular flexibility index (Phi) is 3.85. The summed E-state index contributed by atoms with van der Waals surface area (Å²) in [4.78, 5) is 12.4. The van der Waals surface area contributed by atoms with Gasteiger partial charge in [0.15, 0.2) is 0 Å². The minimum Gasteiger partial charge on any atom is -0.349 e. The first-order valence-corrected chi connectivity index (χ1v) is 5.65. The predicted molar refractivity (Wildman–Crippen MR) is 57.6 cm³/mol. The molecular weight excluding hydrogens is 182 g/mol. The highest BCUT2D eigenvalue weighted by molar-refractivity contribution is 8.04. The molecule has 3 heteroatoms. The fourth-order valence-electron chi connectivity index (χ4n) is 0.991. The van der Waals surface area contributed by atoms with Crippen molar-refractivity contribution in [3.8, 4) is 0 Å². The van der Waals surface area contributed by atoms with E-state index in [1.165, 1.54) is 0 Å². The topological polar surface area (TPSA) is 29.1 Å². The van der Waals surface area contributed by atoms with Gasteiger partial charge in [-0.1, -0.05) is 19.9 Å². The van der Waals surface area contributed by atoms with E-state index >= 15 is 0 Å². The van der Waals surface area contributed by atoms with E-state index in [9.17, 15) is 4.79 Å². The van der Waals surface area contributed by atoms with Gasteiger partial charge in [0.05, 0.1) is 4.91 Å². The Morgan fingerprint density at radius 3 is 2.54 bits per heavy atom. The Morgan fingerprint density at radius 2 is 2.15 bits per heavy atom. The van der Waals surface area contributed by atoms with E-state index in [-0.39, 0.29) is 5.91 Å². The van der Waals surface area contributed by atoms with Crippen LogP contribution in [0.4, 0.5) is 0 Å². The molecule has 1 amide bonds. The molecule has 1 saturated carbocycles. The number of carbonyl (C=O) groups excluding carboxylic acids is 1. The molecule has 0 bridgehead atoms. The standard InChI is InChI=1S/C10H17NOS/c1-4-9(13-7(2)3)10(12)11-8-5-6-8/h4,7-8H,5-6H2,1-3H3,(H,11,12)/b9-4-. The van der Waals surface area contributed by atoms with Gasteiger partial charge in [-0.25, -0.2) is 0 Å². The van der Waals surface area contributed by atoms with Crippen LogP contribution in [0.3, 0.4) is 0 Å². The fourth-order valence-corrected chi connectivity index (χ4v) is 1.80. The largest absolute Gasteiger partial charge is 0.349 e. The summed E-state index contributed by atoms with van der Waals surface area (Å²) in [6.07, 6.45) is 4.19. The number of allylic oxidation sites excluding steroid dienone is 1. The molecule has 2 nitrogen and oxygen atoms in total. The van der Waals surface area contributed by atoms with Crippen molar-refractivity contribution in [1.82, 2.24) is 5.32 Å². The first-order valence-electron chi connectivity index (χ1n) is 4.77. The SMILES string of the molecule is C/C=C(\SC(C)C)C(=O)NC1CC1. The van der Waals surface area contributed by atoms with Crippen LogP contribution in [0.2, 0.25) is 0 Å². The van der Waals surface area contributed by atoms with Crippen molar-refractivity contribution in [2.24, 2.45) is 0 Å². The number of thioether (sulfide) groups is 1. The summed E-state index contributed by atoms with van der Waals surface area (Å²) < 4.78 is 0. The van der Waals surface area contributed by atoms with Crippen molar-refractivity contribution >= 4 is 17.7 Å². The van der Waals surface area contributed by atoms with E-state index in [1.54, 1.807) is 11.8 Å². The minimum absolute atomic E-state index is 0.101. The normalized spacial score (nSPS) is 17.7. The zero-order valence-corrected chi connectivity index (χ0v) is 9.28. The lowest BCUT2D eigenvalue weighted by Gasteiger charge is -2.09. The summed E-state index contributed by atoms with van der Waals surface area (Å²) in [5.74, 6) is 0.101. The molecule has 0 heterocycles. The average Bonchev–Trinajstić information content (AvgIpc) is 2.83. The number of hydrogen-bond acceptors (Lipinski definition) is 2. The van der Waals surface area contributed by atoms with Crippen molar-refractivity contribution in [1.29, 1.82) is 0 Å². The van der Waals surface area contributed by atoms with Gasteiger partial charge in [0.1, 0.15) is 0 Å². The molecule has 0 aromatic carbocycles. The summed E-state index contributed by atoms with van der Waals surface area (Å²) >= 11 is 1.63. The van der Waals surface area contributed by atoms with Crippen molar-refractivity contribution < 1.29 is 4.79 Å². The molecule has 0 spiro atoms. The van der Waals surface area contributed by atoms with Gasteiger partial charge in [-0.2, -0.15) is 0 Å². The Balaban J connectivity index is 2.40. The van der Waals surface area contributed by atoms with Gasteiger partial charge < -0.3 is 5.32 Å². The highest BCUT2D eigenvalue weighted by atomic mass is 32.2. The molecule has 0 saturated heterocycles. The van der Waals surface area contributed by atoms with Crippen LogP contribution in [-0.2, 0) is 4.79 Å². The maximum atomic E-state index is 11.6. The van der Waals surface area contributed by atoms with E-state index in [0.717, 1.165) is 17.7 Å². The monoisotopic (exact) mass is 199 g/mol. The summed E-state index contributed by atoms with van der Waals surface area (Å²) in [6, 6.07) is 0.454. The Labute approximate surface area is 84.2 Å². The second-order valence-corrected chi connectivity index (χ2v) is 5.19. The summed E-state index contributed by atoms with van der Waals surface area (Å²) in [5.41, 5.74) is 0. The van der Waals surface area contributed by atoms with Gasteiger partial charge in [0.25, 0.3) is 5.91 Å². The van der Waals surface area contributed by atoms with E-state index in [1.807, 2.05) is 13.0 Å². The van der Waals surface area contributed by atoms with Gasteiger partial charge in [-0.3, -0.25) is 4.79 Å². The van der Waals surface area contributed by atoms with E-state index < -0.39 is 0 Å². The Morgan fingerprint density at radius 1 is 1.54 bits per heavy atom. The third-order valence-corrected chi connectivity index (χ3v) is 2.91. The molecule has 1 fully saturated rings. The van der Waals surface area contributed by atoms with Crippen LogP contribution in [0.5, 0.6) is 0 Å². The molecule has 1 rings (SSSR count). The lowest BCUT2D eigenvalue weighted by atomic mass is 10.4. The summed E-state index contributed by atoms with van der Waals surface area (Å²) in [6.45, 7) is 6.11.